The normalized spacial score (nSPS) is 10.9. The van der Waals surface area contributed by atoms with E-state index in [1.807, 2.05) is 6.07 Å². The van der Waals surface area contributed by atoms with Crippen LogP contribution in [0.4, 0.5) is 34.1 Å². The van der Waals surface area contributed by atoms with Crippen LogP contribution in [0, 0.1) is 56.7 Å². The quantitative estimate of drug-likeness (QED) is 0.0454. The summed E-state index contributed by atoms with van der Waals surface area (Å²) in [5, 5.41) is 85.8. The molecule has 20 nitrogen and oxygen atoms in total. The predicted molar refractivity (Wildman–Crippen MR) is 196 cm³/mol. The average Bonchev–Trinajstić information content (AvgIpc) is 3.15. The van der Waals surface area contributed by atoms with Crippen molar-refractivity contribution in [1.29, 1.82) is 10.5 Å². The monoisotopic (exact) mass is 808 g/mol. The molecule has 0 aliphatic carbocycles. The molecule has 0 amide bonds. The molecule has 0 saturated carbocycles. The fourth-order valence-electron chi connectivity index (χ4n) is 4.68. The number of aromatic hydroxyl groups is 3. The molecule has 3 N–H and O–H groups in total. The second-order valence-corrected chi connectivity index (χ2v) is 11.0. The standard InChI is InChI=1S/C18H17N5O5.C17H15N5O5.Fe/c1-4-5-8-22-17(25)13(10-19)11(2)16(18(22)28-3)21-20-14-9-12(23(26)27)6-7-15(14)24;1-3-4-7-21-16(24)12(9-18)10(2)15(17(21)25)20-19-13-8-11(22(26)27)5-6-14(13)23;/h4-7,9,24H,8H2,1-3H3;3-6,8,23,25H,7H2,1-2H3;/b5-4+,21-20?;4-3-,20-19?;. The van der Waals surface area contributed by atoms with Crippen molar-refractivity contribution in [3.05, 3.63) is 124 Å². The summed E-state index contributed by atoms with van der Waals surface area (Å²) in [4.78, 5) is 45.3. The number of pyridine rings is 2. The van der Waals surface area contributed by atoms with E-state index in [0.29, 0.717) is 0 Å². The third-order valence-electron chi connectivity index (χ3n) is 7.61. The molecule has 0 saturated heterocycles. The number of nitrogens with zero attached hydrogens (tertiary/aromatic N) is 10. The van der Waals surface area contributed by atoms with Gasteiger partial charge in [-0.15, -0.1) is 20.5 Å². The Balaban J connectivity index is 0.000000380. The Hall–Kier alpha value is -7.48. The Morgan fingerprint density at radius 3 is 1.57 bits per heavy atom. The van der Waals surface area contributed by atoms with Crippen LogP contribution in [0.2, 0.25) is 0 Å². The van der Waals surface area contributed by atoms with Gasteiger partial charge in [0.1, 0.15) is 46.1 Å². The molecule has 0 spiro atoms. The molecule has 56 heavy (non-hydrogen) atoms. The van der Waals surface area contributed by atoms with E-state index in [1.165, 1.54) is 25.5 Å². The molecule has 0 unspecified atom stereocenters. The fourth-order valence-corrected chi connectivity index (χ4v) is 4.68. The molecule has 2 aromatic carbocycles. The van der Waals surface area contributed by atoms with Gasteiger partial charge in [0, 0.05) is 65.6 Å². The molecule has 0 aliphatic rings. The Bertz CT molecular complexity index is 2490. The van der Waals surface area contributed by atoms with Crippen molar-refractivity contribution in [2.45, 2.75) is 40.8 Å². The number of phenols is 2. The van der Waals surface area contributed by atoms with E-state index < -0.39 is 26.8 Å². The Morgan fingerprint density at radius 1 is 0.750 bits per heavy atom. The summed E-state index contributed by atoms with van der Waals surface area (Å²) in [6, 6.07) is 10.1. The second-order valence-electron chi connectivity index (χ2n) is 11.0. The maximum absolute atomic E-state index is 12.5. The molecule has 21 heteroatoms. The van der Waals surface area contributed by atoms with Crippen LogP contribution in [0.1, 0.15) is 36.1 Å². The summed E-state index contributed by atoms with van der Waals surface area (Å²) in [6.45, 7) is 6.61. The summed E-state index contributed by atoms with van der Waals surface area (Å²) in [6.07, 6.45) is 6.71. The molecule has 0 aliphatic heterocycles. The Kier molecular flexibility index (Phi) is 16.0. The first-order valence-electron chi connectivity index (χ1n) is 15.8. The number of phenolic OH excluding ortho intramolecular Hbond substituents is 2. The van der Waals surface area contributed by atoms with Crippen molar-refractivity contribution in [3.8, 4) is 35.4 Å². The molecule has 2 heterocycles. The van der Waals surface area contributed by atoms with E-state index in [2.05, 4.69) is 20.5 Å². The van der Waals surface area contributed by atoms with E-state index in [-0.39, 0.29) is 104 Å². The van der Waals surface area contributed by atoms with Crippen LogP contribution in [0.15, 0.2) is 90.7 Å². The van der Waals surface area contributed by atoms with Crippen LogP contribution in [0.25, 0.3) is 0 Å². The molecular weight excluding hydrogens is 776 g/mol. The Morgan fingerprint density at radius 2 is 1.16 bits per heavy atom. The van der Waals surface area contributed by atoms with E-state index >= 15 is 0 Å². The van der Waals surface area contributed by atoms with Crippen LogP contribution >= 0.6 is 0 Å². The molecule has 2 aromatic heterocycles. The van der Waals surface area contributed by atoms with Gasteiger partial charge in [-0.2, -0.15) is 10.5 Å². The zero-order chi connectivity index (χ0) is 41.0. The number of nitriles is 2. The summed E-state index contributed by atoms with van der Waals surface area (Å²) < 4.78 is 7.49. The summed E-state index contributed by atoms with van der Waals surface area (Å²) >= 11 is 0. The van der Waals surface area contributed by atoms with Crippen LogP contribution in [0.3, 0.4) is 0 Å². The number of hydrogen-bond donors (Lipinski definition) is 3. The maximum Gasteiger partial charge on any atom is 0.271 e. The van der Waals surface area contributed by atoms with Crippen molar-refractivity contribution in [2.75, 3.05) is 7.11 Å². The SMILES string of the molecule is C/C=C/Cn1c(OC)c(N=Nc2cc([N+](=O)[O-])ccc2O)c(C)c(C#N)c1=O.C/C=C\Cn1c(O)c(N=Nc2cc([N+](=O)[O-])ccc2O)c(C)c(C#N)c1=O.[Fe]. The fraction of sp³-hybridized carbons (Fsp3) is 0.200. The number of nitro benzene ring substituents is 2. The molecule has 0 atom stereocenters. The van der Waals surface area contributed by atoms with E-state index in [0.717, 1.165) is 41.0 Å². The zero-order valence-electron chi connectivity index (χ0n) is 30.2. The number of nitro groups is 2. The van der Waals surface area contributed by atoms with Crippen LogP contribution in [-0.2, 0) is 30.2 Å². The summed E-state index contributed by atoms with van der Waals surface area (Å²) in [5.74, 6) is -1.10. The number of methoxy groups -OCH3 is 1. The summed E-state index contributed by atoms with van der Waals surface area (Å²) in [5.41, 5.74) is -2.17. The first kappa shape index (κ1) is 44.7. The Labute approximate surface area is 327 Å². The molecule has 4 rings (SSSR count). The van der Waals surface area contributed by atoms with Gasteiger partial charge in [-0.05, 0) is 39.8 Å². The van der Waals surface area contributed by atoms with Gasteiger partial charge in [0.25, 0.3) is 22.5 Å². The smallest absolute Gasteiger partial charge is 0.271 e. The van der Waals surface area contributed by atoms with Gasteiger partial charge in [-0.25, -0.2) is 0 Å². The minimum absolute atomic E-state index is 0. The van der Waals surface area contributed by atoms with Crippen LogP contribution in [0.5, 0.6) is 23.3 Å². The van der Waals surface area contributed by atoms with Gasteiger partial charge in [-0.3, -0.25) is 39.0 Å². The van der Waals surface area contributed by atoms with Gasteiger partial charge in [-0.1, -0.05) is 24.3 Å². The van der Waals surface area contributed by atoms with Gasteiger partial charge in [0.05, 0.1) is 17.0 Å². The van der Waals surface area contributed by atoms with Crippen molar-refractivity contribution in [1.82, 2.24) is 9.13 Å². The van der Waals surface area contributed by atoms with Crippen LogP contribution in [-0.4, -0.2) is 41.4 Å². The van der Waals surface area contributed by atoms with Gasteiger partial charge in [0.2, 0.25) is 11.8 Å². The topological polar surface area (TPSA) is 297 Å². The number of ether oxygens (including phenoxy) is 1. The molecule has 4 aromatic rings. The molecule has 0 fully saturated rings. The molecular formula is C35H32FeN10O10. The number of rotatable bonds is 11. The van der Waals surface area contributed by atoms with Crippen molar-refractivity contribution in [3.63, 3.8) is 0 Å². The molecule has 290 valence electrons. The van der Waals surface area contributed by atoms with Gasteiger partial charge >= 0.3 is 0 Å². The van der Waals surface area contributed by atoms with Gasteiger partial charge < -0.3 is 20.1 Å². The summed E-state index contributed by atoms with van der Waals surface area (Å²) in [7, 11) is 1.34. The minimum atomic E-state index is -0.678. The first-order valence-corrected chi connectivity index (χ1v) is 15.8. The number of non-ortho nitro benzene ring substituents is 2. The van der Waals surface area contributed by atoms with Crippen LogP contribution < -0.4 is 15.9 Å². The van der Waals surface area contributed by atoms with Crippen molar-refractivity contribution >= 4 is 34.1 Å². The number of benzene rings is 2. The third kappa shape index (κ3) is 9.93. The van der Waals surface area contributed by atoms with E-state index in [9.17, 15) is 55.7 Å². The number of azo groups is 2. The second kappa shape index (κ2) is 20.1. The largest absolute Gasteiger partial charge is 0.506 e. The van der Waals surface area contributed by atoms with Crippen molar-refractivity contribution in [2.24, 2.45) is 20.5 Å². The number of aromatic nitrogens is 2. The predicted octanol–water partition coefficient (Wildman–Crippen LogP) is 6.98. The van der Waals surface area contributed by atoms with E-state index in [1.54, 1.807) is 44.2 Å². The third-order valence-corrected chi connectivity index (χ3v) is 7.61. The maximum atomic E-state index is 12.5. The number of allylic oxidation sites excluding steroid dienone is 4. The molecule has 0 bridgehead atoms. The van der Waals surface area contributed by atoms with Crippen molar-refractivity contribution < 1.29 is 47.0 Å². The average molecular weight is 809 g/mol. The number of hydrogen-bond acceptors (Lipinski definition) is 16. The van der Waals surface area contributed by atoms with Gasteiger partial charge in [0.15, 0.2) is 11.4 Å². The van der Waals surface area contributed by atoms with E-state index in [4.69, 9.17) is 4.74 Å². The molecule has 0 radical (unpaired) electrons. The zero-order valence-corrected chi connectivity index (χ0v) is 31.3. The first-order chi connectivity index (χ1) is 26.2. The minimum Gasteiger partial charge on any atom is -0.506 e.